The third-order valence-electron chi connectivity index (χ3n) is 5.62. The smallest absolute Gasteiger partial charge is 0.315 e. The molecule has 1 saturated carbocycles. The maximum Gasteiger partial charge on any atom is 0.315 e. The minimum Gasteiger partial charge on any atom is -0.394 e. The van der Waals surface area contributed by atoms with Gasteiger partial charge in [-0.1, -0.05) is 29.8 Å². The van der Waals surface area contributed by atoms with Gasteiger partial charge in [0.15, 0.2) is 0 Å². The lowest BCUT2D eigenvalue weighted by Gasteiger charge is -2.34. The number of nitrogens with zero attached hydrogens (tertiary/aromatic N) is 1. The first-order valence-corrected chi connectivity index (χ1v) is 9.46. The molecular weight excluding hydrogens is 314 g/mol. The van der Waals surface area contributed by atoms with Gasteiger partial charge in [0.2, 0.25) is 0 Å². The van der Waals surface area contributed by atoms with E-state index in [0.29, 0.717) is 5.92 Å². The lowest BCUT2D eigenvalue weighted by atomic mass is 9.97. The molecular formula is C20H31N3O2. The summed E-state index contributed by atoms with van der Waals surface area (Å²) in [6.07, 6.45) is 4.13. The van der Waals surface area contributed by atoms with Gasteiger partial charge in [0.1, 0.15) is 0 Å². The predicted molar refractivity (Wildman–Crippen MR) is 99.4 cm³/mol. The number of hydrogen-bond donors (Lipinski definition) is 3. The number of likely N-dealkylation sites (tertiary alicyclic amines) is 1. The van der Waals surface area contributed by atoms with Gasteiger partial charge in [0.25, 0.3) is 0 Å². The molecule has 2 fully saturated rings. The van der Waals surface area contributed by atoms with Crippen LogP contribution in [0, 0.1) is 12.8 Å². The van der Waals surface area contributed by atoms with Crippen molar-refractivity contribution in [3.8, 4) is 0 Å². The molecule has 1 aromatic rings. The van der Waals surface area contributed by atoms with Gasteiger partial charge in [-0.3, -0.25) is 4.90 Å². The fourth-order valence-corrected chi connectivity index (χ4v) is 3.78. The van der Waals surface area contributed by atoms with E-state index in [4.69, 9.17) is 0 Å². The molecule has 25 heavy (non-hydrogen) atoms. The Hall–Kier alpha value is -1.59. The molecule has 1 aliphatic heterocycles. The molecule has 1 unspecified atom stereocenters. The lowest BCUT2D eigenvalue weighted by Crippen LogP contribution is -2.56. The Morgan fingerprint density at radius 3 is 2.60 bits per heavy atom. The van der Waals surface area contributed by atoms with Crippen molar-refractivity contribution in [3.63, 3.8) is 0 Å². The molecule has 2 aliphatic rings. The summed E-state index contributed by atoms with van der Waals surface area (Å²) >= 11 is 0. The summed E-state index contributed by atoms with van der Waals surface area (Å²) < 4.78 is 0. The zero-order valence-corrected chi connectivity index (χ0v) is 15.4. The average Bonchev–Trinajstić information content (AvgIpc) is 3.42. The van der Waals surface area contributed by atoms with E-state index in [1.165, 1.54) is 11.1 Å². The zero-order valence-electron chi connectivity index (χ0n) is 15.4. The van der Waals surface area contributed by atoms with Gasteiger partial charge in [-0.15, -0.1) is 0 Å². The molecule has 5 heteroatoms. The molecule has 0 spiro atoms. The molecule has 1 saturated heterocycles. The molecule has 1 atom stereocenters. The number of carbonyl (C=O) groups excluding carboxylic acids is 1. The summed E-state index contributed by atoms with van der Waals surface area (Å²) in [6.45, 7) is 7.04. The molecule has 1 heterocycles. The van der Waals surface area contributed by atoms with Crippen molar-refractivity contribution in [2.75, 3.05) is 19.7 Å². The van der Waals surface area contributed by atoms with E-state index in [1.54, 1.807) is 0 Å². The minimum atomic E-state index is -0.476. The van der Waals surface area contributed by atoms with Crippen molar-refractivity contribution < 1.29 is 9.90 Å². The Morgan fingerprint density at radius 1 is 1.28 bits per heavy atom. The van der Waals surface area contributed by atoms with E-state index >= 15 is 0 Å². The Kier molecular flexibility index (Phi) is 5.64. The van der Waals surface area contributed by atoms with Crippen molar-refractivity contribution in [2.45, 2.75) is 57.7 Å². The van der Waals surface area contributed by atoms with Crippen molar-refractivity contribution in [1.82, 2.24) is 15.5 Å². The summed E-state index contributed by atoms with van der Waals surface area (Å²) in [7, 11) is 0. The SMILES string of the molecule is Cc1cccc(CN2CCC(NC(=O)NC(C)(CO)C3CC3)CC2)c1. The summed E-state index contributed by atoms with van der Waals surface area (Å²) in [4.78, 5) is 14.7. The quantitative estimate of drug-likeness (QED) is 0.742. The number of urea groups is 1. The van der Waals surface area contributed by atoms with Gasteiger partial charge >= 0.3 is 6.03 Å². The van der Waals surface area contributed by atoms with E-state index < -0.39 is 5.54 Å². The van der Waals surface area contributed by atoms with E-state index in [-0.39, 0.29) is 18.7 Å². The maximum absolute atomic E-state index is 12.3. The van der Waals surface area contributed by atoms with Crippen LogP contribution in [0.2, 0.25) is 0 Å². The monoisotopic (exact) mass is 345 g/mol. The van der Waals surface area contributed by atoms with Gasteiger partial charge in [-0.25, -0.2) is 4.79 Å². The number of aryl methyl sites for hydroxylation is 1. The topological polar surface area (TPSA) is 64.6 Å². The Morgan fingerprint density at radius 2 is 2.00 bits per heavy atom. The first-order valence-electron chi connectivity index (χ1n) is 9.46. The highest BCUT2D eigenvalue weighted by Crippen LogP contribution is 2.39. The molecule has 0 aromatic heterocycles. The molecule has 5 nitrogen and oxygen atoms in total. The summed E-state index contributed by atoms with van der Waals surface area (Å²) in [5, 5.41) is 15.7. The highest BCUT2D eigenvalue weighted by molar-refractivity contribution is 5.75. The van der Waals surface area contributed by atoms with Gasteiger partial charge in [0, 0.05) is 25.7 Å². The summed E-state index contributed by atoms with van der Waals surface area (Å²) in [5.74, 6) is 0.416. The van der Waals surface area contributed by atoms with Crippen LogP contribution in [-0.4, -0.2) is 47.3 Å². The van der Waals surface area contributed by atoms with Gasteiger partial charge < -0.3 is 15.7 Å². The highest BCUT2D eigenvalue weighted by Gasteiger charge is 2.42. The Bertz CT molecular complexity index is 594. The number of rotatable bonds is 6. The molecule has 3 rings (SSSR count). The second-order valence-electron chi connectivity index (χ2n) is 7.99. The largest absolute Gasteiger partial charge is 0.394 e. The molecule has 1 aliphatic carbocycles. The van der Waals surface area contributed by atoms with Crippen LogP contribution in [-0.2, 0) is 6.54 Å². The van der Waals surface area contributed by atoms with E-state index in [1.807, 2.05) is 6.92 Å². The predicted octanol–water partition coefficient (Wildman–Crippen LogP) is 2.42. The number of nitrogens with one attached hydrogen (secondary N) is 2. The third kappa shape index (κ3) is 4.95. The first kappa shape index (κ1) is 18.2. The van der Waals surface area contributed by atoms with Crippen LogP contribution >= 0.6 is 0 Å². The van der Waals surface area contributed by atoms with Gasteiger partial charge in [-0.2, -0.15) is 0 Å². The number of amides is 2. The number of aliphatic hydroxyl groups is 1. The molecule has 2 amide bonds. The number of aliphatic hydroxyl groups excluding tert-OH is 1. The molecule has 3 N–H and O–H groups in total. The normalized spacial score (nSPS) is 21.6. The van der Waals surface area contributed by atoms with Crippen LogP contribution in [0.4, 0.5) is 4.79 Å². The van der Waals surface area contributed by atoms with E-state index in [9.17, 15) is 9.90 Å². The number of carbonyl (C=O) groups is 1. The minimum absolute atomic E-state index is 0.0000233. The second-order valence-corrected chi connectivity index (χ2v) is 7.99. The number of hydrogen-bond acceptors (Lipinski definition) is 3. The maximum atomic E-state index is 12.3. The molecule has 0 bridgehead atoms. The molecule has 138 valence electrons. The van der Waals surface area contributed by atoms with Gasteiger partial charge in [0.05, 0.1) is 12.1 Å². The summed E-state index contributed by atoms with van der Waals surface area (Å²) in [5.41, 5.74) is 2.18. The molecule has 1 aromatic carbocycles. The van der Waals surface area contributed by atoms with Crippen LogP contribution in [0.3, 0.4) is 0 Å². The first-order chi connectivity index (χ1) is 12.0. The molecule has 0 radical (unpaired) electrons. The summed E-state index contributed by atoms with van der Waals surface area (Å²) in [6, 6.07) is 8.74. The van der Waals surface area contributed by atoms with Crippen molar-refractivity contribution in [3.05, 3.63) is 35.4 Å². The van der Waals surface area contributed by atoms with Crippen LogP contribution in [0.1, 0.15) is 43.7 Å². The Labute approximate surface area is 150 Å². The fourth-order valence-electron chi connectivity index (χ4n) is 3.78. The van der Waals surface area contributed by atoms with Crippen molar-refractivity contribution in [1.29, 1.82) is 0 Å². The fraction of sp³-hybridized carbons (Fsp3) is 0.650. The average molecular weight is 345 g/mol. The van der Waals surface area contributed by atoms with Crippen LogP contribution in [0.25, 0.3) is 0 Å². The van der Waals surface area contributed by atoms with E-state index in [2.05, 4.69) is 46.7 Å². The second kappa shape index (κ2) is 7.75. The zero-order chi connectivity index (χ0) is 17.9. The van der Waals surface area contributed by atoms with Crippen LogP contribution < -0.4 is 10.6 Å². The number of piperidine rings is 1. The highest BCUT2D eigenvalue weighted by atomic mass is 16.3. The van der Waals surface area contributed by atoms with Gasteiger partial charge in [-0.05, 0) is 51.0 Å². The van der Waals surface area contributed by atoms with Crippen LogP contribution in [0.5, 0.6) is 0 Å². The number of benzene rings is 1. The van der Waals surface area contributed by atoms with Crippen molar-refractivity contribution in [2.24, 2.45) is 5.92 Å². The Balaban J connectivity index is 1.42. The van der Waals surface area contributed by atoms with Crippen molar-refractivity contribution >= 4 is 6.03 Å². The van der Waals surface area contributed by atoms with E-state index in [0.717, 1.165) is 45.3 Å². The third-order valence-corrected chi connectivity index (χ3v) is 5.62. The van der Waals surface area contributed by atoms with Crippen LogP contribution in [0.15, 0.2) is 24.3 Å². The standard InChI is InChI=1S/C20H31N3O2/c1-15-4-3-5-16(12-15)13-23-10-8-18(9-11-23)21-19(25)22-20(2,14-24)17-6-7-17/h3-5,12,17-18,24H,6-11,13-14H2,1-2H3,(H2,21,22,25). The lowest BCUT2D eigenvalue weighted by molar-refractivity contribution is 0.149.